The van der Waals surface area contributed by atoms with Gasteiger partial charge in [-0.25, -0.2) is 0 Å². The fraction of sp³-hybridized carbons (Fsp3) is 0.562. The van der Waals surface area contributed by atoms with Crippen molar-refractivity contribution in [3.8, 4) is 0 Å². The molecule has 2 unspecified atom stereocenters. The third kappa shape index (κ3) is 3.57. The van der Waals surface area contributed by atoms with Gasteiger partial charge in [0, 0.05) is 6.04 Å². The minimum Gasteiger partial charge on any atom is -0.326 e. The van der Waals surface area contributed by atoms with Crippen LogP contribution < -0.4 is 5.32 Å². The molecule has 3 heteroatoms. The summed E-state index contributed by atoms with van der Waals surface area (Å²) in [5, 5.41) is 3.34. The summed E-state index contributed by atoms with van der Waals surface area (Å²) in [6.07, 6.45) is 1.84. The minimum atomic E-state index is -0.0583. The Hall–Kier alpha value is -1.35. The number of carbonyl (C=O) groups excluding carboxylic acids is 1. The number of benzene rings is 1. The van der Waals surface area contributed by atoms with Gasteiger partial charge >= 0.3 is 0 Å². The maximum absolute atomic E-state index is 12.4. The summed E-state index contributed by atoms with van der Waals surface area (Å²) in [7, 11) is 0. The Balaban J connectivity index is 1.94. The molecule has 1 N–H and O–H groups in total. The fourth-order valence-electron chi connectivity index (χ4n) is 2.77. The van der Waals surface area contributed by atoms with Crippen molar-refractivity contribution < 1.29 is 4.79 Å². The van der Waals surface area contributed by atoms with Crippen molar-refractivity contribution >= 4 is 5.91 Å². The van der Waals surface area contributed by atoms with Gasteiger partial charge in [-0.1, -0.05) is 44.2 Å². The maximum atomic E-state index is 12.4. The van der Waals surface area contributed by atoms with Gasteiger partial charge in [-0.15, -0.1) is 0 Å². The van der Waals surface area contributed by atoms with Crippen LogP contribution in [0.2, 0.25) is 0 Å². The van der Waals surface area contributed by atoms with Crippen LogP contribution in [-0.4, -0.2) is 29.6 Å². The monoisotopic (exact) mass is 260 g/mol. The van der Waals surface area contributed by atoms with Gasteiger partial charge in [0.15, 0.2) is 0 Å². The molecule has 1 fully saturated rings. The van der Waals surface area contributed by atoms with Crippen LogP contribution in [0.5, 0.6) is 0 Å². The quantitative estimate of drug-likeness (QED) is 0.882. The van der Waals surface area contributed by atoms with Crippen LogP contribution in [0, 0.1) is 5.92 Å². The number of nitrogens with zero attached hydrogens (tertiary/aromatic N) is 1. The Morgan fingerprint density at radius 3 is 2.58 bits per heavy atom. The predicted molar refractivity (Wildman–Crippen MR) is 77.7 cm³/mol. The lowest BCUT2D eigenvalue weighted by Gasteiger charge is -2.25. The molecule has 0 aromatic heterocycles. The Labute approximate surface area is 116 Å². The number of rotatable bonds is 5. The fourth-order valence-corrected chi connectivity index (χ4v) is 2.77. The molecule has 0 saturated carbocycles. The van der Waals surface area contributed by atoms with Gasteiger partial charge in [0.25, 0.3) is 0 Å². The number of hydrogen-bond donors (Lipinski definition) is 1. The van der Waals surface area contributed by atoms with Crippen molar-refractivity contribution in [1.29, 1.82) is 0 Å². The van der Waals surface area contributed by atoms with Crippen LogP contribution >= 0.6 is 0 Å². The van der Waals surface area contributed by atoms with Crippen LogP contribution in [0.1, 0.15) is 32.8 Å². The summed E-state index contributed by atoms with van der Waals surface area (Å²) in [6, 6.07) is 10.5. The Morgan fingerprint density at radius 2 is 1.95 bits per heavy atom. The van der Waals surface area contributed by atoms with E-state index in [1.807, 2.05) is 23.1 Å². The van der Waals surface area contributed by atoms with Crippen molar-refractivity contribution in [2.75, 3.05) is 6.67 Å². The average molecular weight is 260 g/mol. The zero-order chi connectivity index (χ0) is 13.8. The highest BCUT2D eigenvalue weighted by Gasteiger charge is 2.33. The first-order valence-electron chi connectivity index (χ1n) is 7.15. The van der Waals surface area contributed by atoms with E-state index in [-0.39, 0.29) is 11.9 Å². The summed E-state index contributed by atoms with van der Waals surface area (Å²) >= 11 is 0. The van der Waals surface area contributed by atoms with E-state index >= 15 is 0 Å². The molecule has 1 aromatic rings. The summed E-state index contributed by atoms with van der Waals surface area (Å²) < 4.78 is 0. The molecule has 1 aromatic carbocycles. The van der Waals surface area contributed by atoms with E-state index in [0.29, 0.717) is 18.6 Å². The number of nitrogens with one attached hydrogen (secondary N) is 1. The van der Waals surface area contributed by atoms with E-state index in [1.54, 1.807) is 0 Å². The molecule has 0 aliphatic carbocycles. The molecule has 19 heavy (non-hydrogen) atoms. The van der Waals surface area contributed by atoms with Crippen LogP contribution in [0.3, 0.4) is 0 Å². The Bertz CT molecular complexity index is 416. The zero-order valence-corrected chi connectivity index (χ0v) is 12.1. The van der Waals surface area contributed by atoms with Gasteiger partial charge < -0.3 is 4.90 Å². The number of hydrogen-bond acceptors (Lipinski definition) is 2. The maximum Gasteiger partial charge on any atom is 0.241 e. The Morgan fingerprint density at radius 1 is 1.26 bits per heavy atom. The standard InChI is InChI=1S/C16H24N2O/c1-12(2)9-13(3)18-11-17-15(16(18)19)10-14-7-5-4-6-8-14/h4-8,12-13,15,17H,9-11H2,1-3H3. The van der Waals surface area contributed by atoms with E-state index in [0.717, 1.165) is 12.8 Å². The van der Waals surface area contributed by atoms with Gasteiger partial charge in [-0.3, -0.25) is 10.1 Å². The molecule has 104 valence electrons. The first kappa shape index (κ1) is 14.1. The van der Waals surface area contributed by atoms with Crippen LogP contribution in [0.15, 0.2) is 30.3 Å². The summed E-state index contributed by atoms with van der Waals surface area (Å²) in [5.41, 5.74) is 1.21. The predicted octanol–water partition coefficient (Wildman–Crippen LogP) is 2.42. The van der Waals surface area contributed by atoms with Crippen LogP contribution in [0.25, 0.3) is 0 Å². The van der Waals surface area contributed by atoms with E-state index in [2.05, 4.69) is 38.2 Å². The first-order chi connectivity index (χ1) is 9.08. The topological polar surface area (TPSA) is 32.3 Å². The van der Waals surface area contributed by atoms with E-state index in [4.69, 9.17) is 0 Å². The second-order valence-electron chi connectivity index (χ2n) is 5.89. The average Bonchev–Trinajstić information content (AvgIpc) is 2.72. The molecule has 1 saturated heterocycles. The lowest BCUT2D eigenvalue weighted by molar-refractivity contribution is -0.130. The van der Waals surface area contributed by atoms with Crippen molar-refractivity contribution in [3.63, 3.8) is 0 Å². The van der Waals surface area contributed by atoms with E-state index < -0.39 is 0 Å². The molecular weight excluding hydrogens is 236 g/mol. The van der Waals surface area contributed by atoms with Gasteiger partial charge in [0.1, 0.15) is 0 Å². The minimum absolute atomic E-state index is 0.0583. The number of carbonyl (C=O) groups is 1. The highest BCUT2D eigenvalue weighted by Crippen LogP contribution is 2.17. The molecule has 1 aliphatic heterocycles. The largest absolute Gasteiger partial charge is 0.326 e. The van der Waals surface area contributed by atoms with Gasteiger partial charge in [0.2, 0.25) is 5.91 Å². The van der Waals surface area contributed by atoms with E-state index in [1.165, 1.54) is 5.56 Å². The zero-order valence-electron chi connectivity index (χ0n) is 12.1. The first-order valence-corrected chi connectivity index (χ1v) is 7.15. The Kier molecular flexibility index (Phi) is 4.59. The molecule has 2 rings (SSSR count). The van der Waals surface area contributed by atoms with Gasteiger partial charge in [0.05, 0.1) is 12.7 Å². The van der Waals surface area contributed by atoms with Crippen molar-refractivity contribution in [2.45, 2.75) is 45.7 Å². The lowest BCUT2D eigenvalue weighted by Crippen LogP contribution is -2.38. The van der Waals surface area contributed by atoms with E-state index in [9.17, 15) is 4.79 Å². The summed E-state index contributed by atoms with van der Waals surface area (Å²) in [6.45, 7) is 7.23. The molecule has 1 heterocycles. The van der Waals surface area contributed by atoms with Gasteiger partial charge in [-0.2, -0.15) is 0 Å². The summed E-state index contributed by atoms with van der Waals surface area (Å²) in [5.74, 6) is 0.868. The normalized spacial score (nSPS) is 21.2. The summed E-state index contributed by atoms with van der Waals surface area (Å²) in [4.78, 5) is 14.4. The van der Waals surface area contributed by atoms with Crippen molar-refractivity contribution in [3.05, 3.63) is 35.9 Å². The number of amides is 1. The molecular formula is C16H24N2O. The molecule has 3 nitrogen and oxygen atoms in total. The molecule has 1 amide bonds. The highest BCUT2D eigenvalue weighted by molar-refractivity contribution is 5.84. The third-order valence-electron chi connectivity index (χ3n) is 3.72. The second-order valence-corrected chi connectivity index (χ2v) is 5.89. The van der Waals surface area contributed by atoms with Crippen LogP contribution in [-0.2, 0) is 11.2 Å². The van der Waals surface area contributed by atoms with Gasteiger partial charge in [-0.05, 0) is 31.2 Å². The van der Waals surface area contributed by atoms with Crippen molar-refractivity contribution in [2.24, 2.45) is 5.92 Å². The molecule has 2 atom stereocenters. The molecule has 0 radical (unpaired) electrons. The molecule has 0 bridgehead atoms. The lowest BCUT2D eigenvalue weighted by atomic mass is 10.0. The smallest absolute Gasteiger partial charge is 0.241 e. The molecule has 1 aliphatic rings. The molecule has 0 spiro atoms. The second kappa shape index (κ2) is 6.20. The van der Waals surface area contributed by atoms with Crippen LogP contribution in [0.4, 0.5) is 0 Å². The highest BCUT2D eigenvalue weighted by atomic mass is 16.2. The third-order valence-corrected chi connectivity index (χ3v) is 3.72. The SMILES string of the molecule is CC(C)CC(C)N1CNC(Cc2ccccc2)C1=O. The van der Waals surface area contributed by atoms with Crippen molar-refractivity contribution in [1.82, 2.24) is 10.2 Å².